The van der Waals surface area contributed by atoms with Gasteiger partial charge in [-0.05, 0) is 36.4 Å². The molecule has 0 radical (unpaired) electrons. The molecular formula is C20H20ClN3O4. The highest BCUT2D eigenvalue weighted by molar-refractivity contribution is 6.32. The number of carbonyl (C=O) groups is 2. The Hall–Kier alpha value is -2.93. The molecule has 2 amide bonds. The number of rotatable bonds is 3. The Bertz CT molecular complexity index is 901. The second-order valence-corrected chi connectivity index (χ2v) is 7.02. The number of ether oxygens (including phenoxy) is 2. The summed E-state index contributed by atoms with van der Waals surface area (Å²) in [6.45, 7) is 2.77. The van der Waals surface area contributed by atoms with Crippen LogP contribution in [0.15, 0.2) is 36.4 Å². The van der Waals surface area contributed by atoms with Gasteiger partial charge >= 0.3 is 0 Å². The molecule has 1 saturated heterocycles. The molecule has 2 heterocycles. The topological polar surface area (TPSA) is 79.9 Å². The predicted octanol–water partition coefficient (Wildman–Crippen LogP) is 2.69. The number of hydrogen-bond donors (Lipinski definition) is 2. The number of anilines is 2. The van der Waals surface area contributed by atoms with Crippen LogP contribution in [0.25, 0.3) is 0 Å². The number of nitrogens with one attached hydrogen (secondary N) is 2. The Morgan fingerprint density at radius 1 is 1.14 bits per heavy atom. The van der Waals surface area contributed by atoms with E-state index in [9.17, 15) is 9.59 Å². The van der Waals surface area contributed by atoms with Gasteiger partial charge in [-0.1, -0.05) is 11.6 Å². The summed E-state index contributed by atoms with van der Waals surface area (Å²) in [5.41, 5.74) is 1.98. The van der Waals surface area contributed by atoms with Gasteiger partial charge in [0.1, 0.15) is 0 Å². The number of amides is 2. The third kappa shape index (κ3) is 3.99. The van der Waals surface area contributed by atoms with Crippen LogP contribution in [0.1, 0.15) is 16.8 Å². The van der Waals surface area contributed by atoms with Crippen LogP contribution in [0.4, 0.5) is 11.4 Å². The molecule has 7 nitrogen and oxygen atoms in total. The molecule has 0 aliphatic carbocycles. The minimum Gasteiger partial charge on any atom is -0.489 e. The maximum absolute atomic E-state index is 12.6. The number of carbonyl (C=O) groups excluding carboxylic acids is 2. The molecular weight excluding hydrogens is 382 g/mol. The van der Waals surface area contributed by atoms with Gasteiger partial charge in [0.15, 0.2) is 11.5 Å². The van der Waals surface area contributed by atoms with Crippen LogP contribution in [0.3, 0.4) is 0 Å². The number of nitrogens with zero attached hydrogens (tertiary/aromatic N) is 1. The molecule has 2 N–H and O–H groups in total. The highest BCUT2D eigenvalue weighted by atomic mass is 35.5. The Labute approximate surface area is 167 Å². The number of hydrogen-bond acceptors (Lipinski definition) is 5. The van der Waals surface area contributed by atoms with E-state index in [1.165, 1.54) is 0 Å². The fourth-order valence-electron chi connectivity index (χ4n) is 3.18. The van der Waals surface area contributed by atoms with Crippen molar-refractivity contribution in [2.45, 2.75) is 6.42 Å². The summed E-state index contributed by atoms with van der Waals surface area (Å²) < 4.78 is 11.2. The fraction of sp³-hybridized carbons (Fsp3) is 0.300. The first-order valence-electron chi connectivity index (χ1n) is 9.12. The molecule has 4 rings (SSSR count). The van der Waals surface area contributed by atoms with E-state index in [2.05, 4.69) is 10.6 Å². The summed E-state index contributed by atoms with van der Waals surface area (Å²) in [5.74, 6) is 0.678. The van der Waals surface area contributed by atoms with Gasteiger partial charge in [-0.2, -0.15) is 0 Å². The molecule has 0 aromatic heterocycles. The molecule has 0 atom stereocenters. The monoisotopic (exact) mass is 401 g/mol. The second-order valence-electron chi connectivity index (χ2n) is 6.61. The van der Waals surface area contributed by atoms with Gasteiger partial charge in [0, 0.05) is 36.4 Å². The summed E-state index contributed by atoms with van der Waals surface area (Å²) >= 11 is 6.26. The Morgan fingerprint density at radius 2 is 1.93 bits per heavy atom. The molecule has 2 aromatic rings. The zero-order valence-corrected chi connectivity index (χ0v) is 15.9. The standard InChI is InChI=1S/C20H20ClN3O4/c21-16-10-13(11-17-19(16)28-9-1-8-27-17)20(26)23-14-2-4-15(5-3-14)24-7-6-22-18(25)12-24/h2-5,10-11H,1,6-9,12H2,(H,22,25)(H,23,26). The highest BCUT2D eigenvalue weighted by Gasteiger charge is 2.19. The first-order chi connectivity index (χ1) is 13.6. The number of fused-ring (bicyclic) bond motifs is 1. The van der Waals surface area contributed by atoms with Crippen LogP contribution in [-0.4, -0.2) is 44.7 Å². The molecule has 0 spiro atoms. The lowest BCUT2D eigenvalue weighted by atomic mass is 10.1. The van der Waals surface area contributed by atoms with E-state index in [0.29, 0.717) is 54.1 Å². The van der Waals surface area contributed by atoms with Gasteiger partial charge < -0.3 is 25.0 Å². The van der Waals surface area contributed by atoms with Crippen molar-refractivity contribution in [3.63, 3.8) is 0 Å². The zero-order valence-electron chi connectivity index (χ0n) is 15.2. The molecule has 0 bridgehead atoms. The lowest BCUT2D eigenvalue weighted by Crippen LogP contribution is -2.47. The predicted molar refractivity (Wildman–Crippen MR) is 107 cm³/mol. The van der Waals surface area contributed by atoms with Crippen molar-refractivity contribution in [2.24, 2.45) is 0 Å². The van der Waals surface area contributed by atoms with E-state index in [0.717, 1.165) is 18.7 Å². The van der Waals surface area contributed by atoms with E-state index in [1.54, 1.807) is 12.1 Å². The van der Waals surface area contributed by atoms with E-state index in [1.807, 2.05) is 29.2 Å². The minimum absolute atomic E-state index is 0.00918. The molecule has 146 valence electrons. The maximum atomic E-state index is 12.6. The van der Waals surface area contributed by atoms with Crippen molar-refractivity contribution in [3.8, 4) is 11.5 Å². The largest absolute Gasteiger partial charge is 0.489 e. The Morgan fingerprint density at radius 3 is 2.71 bits per heavy atom. The van der Waals surface area contributed by atoms with Crippen molar-refractivity contribution < 1.29 is 19.1 Å². The van der Waals surface area contributed by atoms with Crippen molar-refractivity contribution in [1.29, 1.82) is 0 Å². The SMILES string of the molecule is O=C1CN(c2ccc(NC(=O)c3cc(Cl)c4c(c3)OCCCO4)cc2)CCN1. The first-order valence-corrected chi connectivity index (χ1v) is 9.50. The summed E-state index contributed by atoms with van der Waals surface area (Å²) in [6.07, 6.45) is 0.761. The Kier molecular flexibility index (Phi) is 5.25. The van der Waals surface area contributed by atoms with Gasteiger partial charge in [-0.15, -0.1) is 0 Å². The number of piperazine rings is 1. The summed E-state index contributed by atoms with van der Waals surface area (Å²) in [6, 6.07) is 10.6. The maximum Gasteiger partial charge on any atom is 0.255 e. The summed E-state index contributed by atoms with van der Waals surface area (Å²) in [7, 11) is 0. The summed E-state index contributed by atoms with van der Waals surface area (Å²) in [4.78, 5) is 26.2. The van der Waals surface area contributed by atoms with Gasteiger partial charge in [-0.3, -0.25) is 9.59 Å². The van der Waals surface area contributed by atoms with Gasteiger partial charge in [0.2, 0.25) is 5.91 Å². The van der Waals surface area contributed by atoms with Gasteiger partial charge in [-0.25, -0.2) is 0 Å². The fourth-order valence-corrected chi connectivity index (χ4v) is 3.44. The van der Waals surface area contributed by atoms with E-state index < -0.39 is 0 Å². The van der Waals surface area contributed by atoms with E-state index in [4.69, 9.17) is 21.1 Å². The van der Waals surface area contributed by atoms with Crippen LogP contribution >= 0.6 is 11.6 Å². The molecule has 2 aliphatic rings. The minimum atomic E-state index is -0.289. The van der Waals surface area contributed by atoms with Crippen LogP contribution in [-0.2, 0) is 4.79 Å². The third-order valence-corrected chi connectivity index (χ3v) is 4.87. The van der Waals surface area contributed by atoms with Crippen LogP contribution in [0, 0.1) is 0 Å². The second kappa shape index (κ2) is 7.98. The average Bonchev–Trinajstić information content (AvgIpc) is 2.94. The first kappa shape index (κ1) is 18.4. The smallest absolute Gasteiger partial charge is 0.255 e. The lowest BCUT2D eigenvalue weighted by Gasteiger charge is -2.28. The van der Waals surface area contributed by atoms with Crippen molar-refractivity contribution in [3.05, 3.63) is 47.0 Å². The molecule has 1 fully saturated rings. The van der Waals surface area contributed by atoms with E-state index >= 15 is 0 Å². The van der Waals surface area contributed by atoms with Crippen molar-refractivity contribution in [1.82, 2.24) is 5.32 Å². The highest BCUT2D eigenvalue weighted by Crippen LogP contribution is 2.38. The quantitative estimate of drug-likeness (QED) is 0.826. The molecule has 28 heavy (non-hydrogen) atoms. The van der Waals surface area contributed by atoms with Crippen LogP contribution in [0.5, 0.6) is 11.5 Å². The molecule has 0 saturated carbocycles. The zero-order chi connectivity index (χ0) is 19.5. The Balaban J connectivity index is 1.47. The van der Waals surface area contributed by atoms with Gasteiger partial charge in [0.05, 0.1) is 24.8 Å². The summed E-state index contributed by atoms with van der Waals surface area (Å²) in [5, 5.41) is 6.01. The normalized spacial score (nSPS) is 16.2. The number of halogens is 1. The van der Waals surface area contributed by atoms with Crippen molar-refractivity contribution in [2.75, 3.05) is 43.1 Å². The molecule has 2 aliphatic heterocycles. The number of benzene rings is 2. The average molecular weight is 402 g/mol. The van der Waals surface area contributed by atoms with Gasteiger partial charge in [0.25, 0.3) is 5.91 Å². The van der Waals surface area contributed by atoms with Crippen LogP contribution in [0.2, 0.25) is 5.02 Å². The van der Waals surface area contributed by atoms with Crippen molar-refractivity contribution >= 4 is 34.8 Å². The molecule has 0 unspecified atom stereocenters. The molecule has 8 heteroatoms. The lowest BCUT2D eigenvalue weighted by molar-refractivity contribution is -0.120. The van der Waals surface area contributed by atoms with Crippen LogP contribution < -0.4 is 25.0 Å². The van der Waals surface area contributed by atoms with E-state index in [-0.39, 0.29) is 11.8 Å². The third-order valence-electron chi connectivity index (χ3n) is 4.59. The molecule has 2 aromatic carbocycles.